The molecule has 15 heavy (non-hydrogen) atoms. The van der Waals surface area contributed by atoms with Crippen molar-refractivity contribution < 1.29 is 14.3 Å². The zero-order valence-electron chi connectivity index (χ0n) is 8.12. The van der Waals surface area contributed by atoms with Crippen LogP contribution in [0.3, 0.4) is 0 Å². The summed E-state index contributed by atoms with van der Waals surface area (Å²) in [7, 11) is 0. The monoisotopic (exact) mass is 268 g/mol. The standard InChI is InChI=1S/C11H9BrO3/c1-7(5-13)2-8-3-9(12)11-10(4-8)14-6-15-11/h2-5H,6H2,1H3. The van der Waals surface area contributed by atoms with E-state index in [1.54, 1.807) is 13.0 Å². The Morgan fingerprint density at radius 2 is 2.27 bits per heavy atom. The normalized spacial score (nSPS) is 14.1. The van der Waals surface area contributed by atoms with Gasteiger partial charge in [0.15, 0.2) is 11.5 Å². The predicted octanol–water partition coefficient (Wildman–Crippen LogP) is 2.78. The molecule has 0 bridgehead atoms. The van der Waals surface area contributed by atoms with Gasteiger partial charge in [0.1, 0.15) is 6.29 Å². The minimum absolute atomic E-state index is 0.244. The Kier molecular flexibility index (Phi) is 2.77. The highest BCUT2D eigenvalue weighted by atomic mass is 79.9. The van der Waals surface area contributed by atoms with Crippen molar-refractivity contribution in [2.45, 2.75) is 6.92 Å². The van der Waals surface area contributed by atoms with Crippen LogP contribution < -0.4 is 9.47 Å². The zero-order valence-corrected chi connectivity index (χ0v) is 9.71. The fourth-order valence-electron chi connectivity index (χ4n) is 1.37. The maximum Gasteiger partial charge on any atom is 0.231 e. The summed E-state index contributed by atoms with van der Waals surface area (Å²) in [6.45, 7) is 2.00. The number of allylic oxidation sites excluding steroid dienone is 1. The number of benzene rings is 1. The first kappa shape index (κ1) is 10.2. The molecule has 1 aromatic rings. The summed E-state index contributed by atoms with van der Waals surface area (Å²) >= 11 is 3.39. The van der Waals surface area contributed by atoms with Gasteiger partial charge in [0.2, 0.25) is 6.79 Å². The third kappa shape index (κ3) is 2.04. The molecular formula is C11H9BrO3. The molecule has 0 atom stereocenters. The van der Waals surface area contributed by atoms with Crippen molar-refractivity contribution in [3.63, 3.8) is 0 Å². The van der Waals surface area contributed by atoms with Crippen LogP contribution in [0.25, 0.3) is 6.08 Å². The van der Waals surface area contributed by atoms with Crippen molar-refractivity contribution in [2.75, 3.05) is 6.79 Å². The quantitative estimate of drug-likeness (QED) is 0.611. The molecule has 3 nitrogen and oxygen atoms in total. The van der Waals surface area contributed by atoms with Crippen LogP contribution in [0.2, 0.25) is 0 Å². The third-order valence-corrected chi connectivity index (χ3v) is 2.62. The lowest BCUT2D eigenvalue weighted by atomic mass is 10.1. The minimum atomic E-state index is 0.244. The van der Waals surface area contributed by atoms with Gasteiger partial charge in [0.25, 0.3) is 0 Å². The third-order valence-electron chi connectivity index (χ3n) is 2.03. The summed E-state index contributed by atoms with van der Waals surface area (Å²) in [6, 6.07) is 3.74. The highest BCUT2D eigenvalue weighted by Gasteiger charge is 2.17. The van der Waals surface area contributed by atoms with Gasteiger partial charge in [-0.05, 0) is 52.2 Å². The van der Waals surface area contributed by atoms with Crippen LogP contribution in [0, 0.1) is 0 Å². The second kappa shape index (κ2) is 4.06. The molecular weight excluding hydrogens is 260 g/mol. The first-order chi connectivity index (χ1) is 7.20. The molecule has 2 rings (SSSR count). The zero-order chi connectivity index (χ0) is 10.8. The average molecular weight is 269 g/mol. The van der Waals surface area contributed by atoms with Gasteiger partial charge in [0, 0.05) is 0 Å². The summed E-state index contributed by atoms with van der Waals surface area (Å²) in [5, 5.41) is 0. The molecule has 0 spiro atoms. The van der Waals surface area contributed by atoms with E-state index < -0.39 is 0 Å². The molecule has 78 valence electrons. The Morgan fingerprint density at radius 3 is 3.00 bits per heavy atom. The number of hydrogen-bond acceptors (Lipinski definition) is 3. The van der Waals surface area contributed by atoms with E-state index in [4.69, 9.17) is 9.47 Å². The van der Waals surface area contributed by atoms with Crippen LogP contribution in [0.4, 0.5) is 0 Å². The lowest BCUT2D eigenvalue weighted by molar-refractivity contribution is -0.104. The molecule has 1 aliphatic rings. The van der Waals surface area contributed by atoms with Gasteiger partial charge < -0.3 is 9.47 Å². The van der Waals surface area contributed by atoms with E-state index in [1.165, 1.54) is 0 Å². The largest absolute Gasteiger partial charge is 0.454 e. The number of carbonyl (C=O) groups excluding carboxylic acids is 1. The number of rotatable bonds is 2. The molecule has 0 aromatic heterocycles. The highest BCUT2D eigenvalue weighted by Crippen LogP contribution is 2.40. The Morgan fingerprint density at radius 1 is 1.47 bits per heavy atom. The Balaban J connectivity index is 2.44. The maximum absolute atomic E-state index is 10.5. The van der Waals surface area contributed by atoms with Crippen molar-refractivity contribution in [3.05, 3.63) is 27.7 Å². The van der Waals surface area contributed by atoms with Crippen LogP contribution >= 0.6 is 15.9 Å². The van der Waals surface area contributed by atoms with E-state index in [0.717, 1.165) is 22.1 Å². The molecule has 0 fully saturated rings. The molecule has 0 unspecified atom stereocenters. The van der Waals surface area contributed by atoms with Gasteiger partial charge in [0.05, 0.1) is 4.47 Å². The van der Waals surface area contributed by atoms with E-state index in [2.05, 4.69) is 15.9 Å². The van der Waals surface area contributed by atoms with Gasteiger partial charge in [-0.1, -0.05) is 0 Å². The van der Waals surface area contributed by atoms with Gasteiger partial charge in [-0.2, -0.15) is 0 Å². The number of carbonyl (C=O) groups is 1. The van der Waals surface area contributed by atoms with E-state index in [9.17, 15) is 4.79 Å². The van der Waals surface area contributed by atoms with Crippen molar-refractivity contribution >= 4 is 28.3 Å². The van der Waals surface area contributed by atoms with E-state index in [-0.39, 0.29) is 6.79 Å². The first-order valence-corrected chi connectivity index (χ1v) is 5.22. The molecule has 1 aromatic carbocycles. The molecule has 0 radical (unpaired) electrons. The maximum atomic E-state index is 10.5. The van der Waals surface area contributed by atoms with Crippen LogP contribution in [-0.2, 0) is 4.79 Å². The van der Waals surface area contributed by atoms with Gasteiger partial charge in [-0.3, -0.25) is 4.79 Å². The van der Waals surface area contributed by atoms with Crippen LogP contribution in [-0.4, -0.2) is 13.1 Å². The summed E-state index contributed by atoms with van der Waals surface area (Å²) in [5.74, 6) is 1.42. The van der Waals surface area contributed by atoms with Crippen LogP contribution in [0.15, 0.2) is 22.2 Å². The van der Waals surface area contributed by atoms with Crippen LogP contribution in [0.1, 0.15) is 12.5 Å². The fraction of sp³-hybridized carbons (Fsp3) is 0.182. The number of halogens is 1. The van der Waals surface area contributed by atoms with E-state index in [1.807, 2.05) is 12.1 Å². The Hall–Kier alpha value is -1.29. The predicted molar refractivity (Wildman–Crippen MR) is 60.0 cm³/mol. The summed E-state index contributed by atoms with van der Waals surface area (Å²) in [4.78, 5) is 10.5. The number of hydrogen-bond donors (Lipinski definition) is 0. The first-order valence-electron chi connectivity index (χ1n) is 4.43. The molecule has 0 saturated carbocycles. The summed E-state index contributed by atoms with van der Waals surface area (Å²) in [5.41, 5.74) is 1.58. The number of fused-ring (bicyclic) bond motifs is 1. The fourth-order valence-corrected chi connectivity index (χ4v) is 1.94. The Labute approximate surface area is 95.8 Å². The van der Waals surface area contributed by atoms with Gasteiger partial charge in [-0.15, -0.1) is 0 Å². The lowest BCUT2D eigenvalue weighted by Crippen LogP contribution is -1.93. The molecule has 0 amide bonds. The lowest BCUT2D eigenvalue weighted by Gasteiger charge is -2.01. The topological polar surface area (TPSA) is 35.5 Å². The SMILES string of the molecule is CC(C=O)=Cc1cc(Br)c2c(c1)OCO2. The van der Waals surface area contributed by atoms with Crippen LogP contribution in [0.5, 0.6) is 11.5 Å². The van der Waals surface area contributed by atoms with Crippen molar-refractivity contribution in [1.29, 1.82) is 0 Å². The molecule has 0 N–H and O–H groups in total. The van der Waals surface area contributed by atoms with Gasteiger partial charge >= 0.3 is 0 Å². The average Bonchev–Trinajstić information content (AvgIpc) is 2.66. The van der Waals surface area contributed by atoms with Crippen molar-refractivity contribution in [3.8, 4) is 11.5 Å². The highest BCUT2D eigenvalue weighted by molar-refractivity contribution is 9.10. The van der Waals surface area contributed by atoms with E-state index in [0.29, 0.717) is 11.3 Å². The number of aldehydes is 1. The van der Waals surface area contributed by atoms with Crippen molar-refractivity contribution in [2.24, 2.45) is 0 Å². The van der Waals surface area contributed by atoms with E-state index >= 15 is 0 Å². The molecule has 1 aliphatic heterocycles. The summed E-state index contributed by atoms with van der Waals surface area (Å²) < 4.78 is 11.4. The molecule has 1 heterocycles. The molecule has 4 heteroatoms. The minimum Gasteiger partial charge on any atom is -0.454 e. The molecule has 0 aliphatic carbocycles. The van der Waals surface area contributed by atoms with Gasteiger partial charge in [-0.25, -0.2) is 0 Å². The second-order valence-electron chi connectivity index (χ2n) is 3.24. The number of ether oxygens (including phenoxy) is 2. The van der Waals surface area contributed by atoms with Crippen molar-refractivity contribution in [1.82, 2.24) is 0 Å². The second-order valence-corrected chi connectivity index (χ2v) is 4.10. The summed E-state index contributed by atoms with van der Waals surface area (Å²) in [6.07, 6.45) is 2.61. The Bertz CT molecular complexity index is 438. The smallest absolute Gasteiger partial charge is 0.231 e. The molecule has 0 saturated heterocycles.